The molecular formula is C27H27ClN4O2S2. The first-order valence-electron chi connectivity index (χ1n) is 11.4. The summed E-state index contributed by atoms with van der Waals surface area (Å²) in [6.07, 6.45) is 0. The average Bonchev–Trinajstić information content (AvgIpc) is 3.32. The van der Waals surface area contributed by atoms with Gasteiger partial charge in [0.05, 0.1) is 24.6 Å². The van der Waals surface area contributed by atoms with Crippen molar-refractivity contribution in [1.29, 1.82) is 0 Å². The molecule has 0 fully saturated rings. The Morgan fingerprint density at radius 2 is 1.86 bits per heavy atom. The highest BCUT2D eigenvalue weighted by molar-refractivity contribution is 8.00. The predicted molar refractivity (Wildman–Crippen MR) is 147 cm³/mol. The number of rotatable bonds is 10. The molecular weight excluding hydrogens is 512 g/mol. The largest absolute Gasteiger partial charge is 0.497 e. The van der Waals surface area contributed by atoms with Gasteiger partial charge in [0.2, 0.25) is 5.91 Å². The summed E-state index contributed by atoms with van der Waals surface area (Å²) < 4.78 is 7.34. The fraction of sp³-hybridized carbons (Fsp3) is 0.222. The van der Waals surface area contributed by atoms with Gasteiger partial charge in [-0.1, -0.05) is 59.8 Å². The zero-order valence-corrected chi connectivity index (χ0v) is 22.7. The summed E-state index contributed by atoms with van der Waals surface area (Å²) in [5, 5.41) is 13.4. The van der Waals surface area contributed by atoms with Crippen LogP contribution in [0.3, 0.4) is 0 Å². The molecule has 0 spiro atoms. The van der Waals surface area contributed by atoms with Gasteiger partial charge in [0, 0.05) is 15.7 Å². The van der Waals surface area contributed by atoms with Crippen LogP contribution in [-0.2, 0) is 10.5 Å². The number of halogens is 1. The molecule has 6 nitrogen and oxygen atoms in total. The van der Waals surface area contributed by atoms with Crippen LogP contribution in [0, 0.1) is 6.92 Å². The van der Waals surface area contributed by atoms with Gasteiger partial charge >= 0.3 is 0 Å². The van der Waals surface area contributed by atoms with E-state index in [9.17, 15) is 4.79 Å². The normalized spacial score (nSPS) is 11.8. The number of benzene rings is 3. The Bertz CT molecular complexity index is 1330. The molecule has 9 heteroatoms. The van der Waals surface area contributed by atoms with Crippen LogP contribution in [0.15, 0.2) is 82.8 Å². The monoisotopic (exact) mass is 538 g/mol. The number of ether oxygens (including phenoxy) is 1. The van der Waals surface area contributed by atoms with Gasteiger partial charge in [-0.05, 0) is 61.4 Å². The van der Waals surface area contributed by atoms with Crippen LogP contribution in [0.4, 0.5) is 0 Å². The first-order chi connectivity index (χ1) is 17.4. The maximum atomic E-state index is 12.7. The Hall–Kier alpha value is -2.94. The molecule has 0 aliphatic rings. The van der Waals surface area contributed by atoms with Crippen molar-refractivity contribution in [3.8, 4) is 11.4 Å². The van der Waals surface area contributed by atoms with Crippen molar-refractivity contribution in [2.24, 2.45) is 0 Å². The van der Waals surface area contributed by atoms with Gasteiger partial charge in [-0.2, -0.15) is 0 Å². The first-order valence-corrected chi connectivity index (χ1v) is 13.7. The lowest BCUT2D eigenvalue weighted by Crippen LogP contribution is -2.30. The van der Waals surface area contributed by atoms with E-state index in [1.165, 1.54) is 11.8 Å². The molecule has 186 valence electrons. The fourth-order valence-electron chi connectivity index (χ4n) is 3.63. The van der Waals surface area contributed by atoms with E-state index in [1.807, 2.05) is 85.1 Å². The standard InChI is InChI=1S/C27H27ClN4O2S2/c1-18-12-13-21(28)15-24(18)32-26(19(2)29-25(33)17-35-23-10-5-4-6-11-23)30-31-27(32)36-16-20-8-7-9-22(14-20)34-3/h4-15,19H,16-17H2,1-3H3,(H,29,33). The minimum Gasteiger partial charge on any atom is -0.497 e. The zero-order chi connectivity index (χ0) is 25.5. The highest BCUT2D eigenvalue weighted by Crippen LogP contribution is 2.31. The highest BCUT2D eigenvalue weighted by atomic mass is 35.5. The fourth-order valence-corrected chi connectivity index (χ4v) is 5.42. The van der Waals surface area contributed by atoms with Crippen LogP contribution in [0.5, 0.6) is 5.75 Å². The Kier molecular flexibility index (Phi) is 8.96. The van der Waals surface area contributed by atoms with E-state index in [-0.39, 0.29) is 11.9 Å². The van der Waals surface area contributed by atoms with Gasteiger partial charge in [-0.3, -0.25) is 9.36 Å². The summed E-state index contributed by atoms with van der Waals surface area (Å²) in [4.78, 5) is 13.8. The number of amides is 1. The van der Waals surface area contributed by atoms with Gasteiger partial charge in [-0.15, -0.1) is 22.0 Å². The van der Waals surface area contributed by atoms with Gasteiger partial charge in [0.1, 0.15) is 5.75 Å². The van der Waals surface area contributed by atoms with Gasteiger partial charge in [0.25, 0.3) is 0 Å². The SMILES string of the molecule is COc1cccc(CSc2nnc(C(C)NC(=O)CSc3ccccc3)n2-c2cc(Cl)ccc2C)c1. The number of thioether (sulfide) groups is 2. The number of hydrogen-bond donors (Lipinski definition) is 1. The van der Waals surface area contributed by atoms with E-state index in [2.05, 4.69) is 21.6 Å². The molecule has 0 bridgehead atoms. The molecule has 1 N–H and O–H groups in total. The highest BCUT2D eigenvalue weighted by Gasteiger charge is 2.22. The lowest BCUT2D eigenvalue weighted by Gasteiger charge is -2.18. The van der Waals surface area contributed by atoms with E-state index in [4.69, 9.17) is 16.3 Å². The maximum Gasteiger partial charge on any atom is 0.230 e. The number of carbonyl (C=O) groups excluding carboxylic acids is 1. The van der Waals surface area contributed by atoms with Crippen LogP contribution in [0.2, 0.25) is 5.02 Å². The molecule has 1 unspecified atom stereocenters. The van der Waals surface area contributed by atoms with Crippen LogP contribution < -0.4 is 10.1 Å². The van der Waals surface area contributed by atoms with Crippen LogP contribution in [-0.4, -0.2) is 33.5 Å². The number of aryl methyl sites for hydroxylation is 1. The van der Waals surface area contributed by atoms with Crippen molar-refractivity contribution in [1.82, 2.24) is 20.1 Å². The van der Waals surface area contributed by atoms with Crippen LogP contribution in [0.25, 0.3) is 5.69 Å². The maximum absolute atomic E-state index is 12.7. The number of nitrogens with zero attached hydrogens (tertiary/aromatic N) is 3. The second-order valence-electron chi connectivity index (χ2n) is 8.14. The molecule has 4 rings (SSSR count). The van der Waals surface area contributed by atoms with Crippen LogP contribution >= 0.6 is 35.1 Å². The minimum absolute atomic E-state index is 0.0701. The van der Waals surface area contributed by atoms with Gasteiger partial charge in [-0.25, -0.2) is 0 Å². The number of carbonyl (C=O) groups is 1. The zero-order valence-electron chi connectivity index (χ0n) is 20.3. The second kappa shape index (κ2) is 12.3. The Labute approximate surface area is 224 Å². The van der Waals surface area contributed by atoms with E-state index < -0.39 is 0 Å². The second-order valence-corrected chi connectivity index (χ2v) is 10.6. The van der Waals surface area contributed by atoms with E-state index in [1.54, 1.807) is 18.9 Å². The third-order valence-corrected chi connectivity index (χ3v) is 7.70. The Balaban J connectivity index is 1.56. The smallest absolute Gasteiger partial charge is 0.230 e. The van der Waals surface area contributed by atoms with Gasteiger partial charge in [0.15, 0.2) is 11.0 Å². The first kappa shape index (κ1) is 26.1. The number of nitrogens with one attached hydrogen (secondary N) is 1. The minimum atomic E-state index is -0.356. The summed E-state index contributed by atoms with van der Waals surface area (Å²) in [6, 6.07) is 23.2. The summed E-state index contributed by atoms with van der Waals surface area (Å²) >= 11 is 9.43. The third kappa shape index (κ3) is 6.63. The van der Waals surface area contributed by atoms with Crippen molar-refractivity contribution < 1.29 is 9.53 Å². The number of methoxy groups -OCH3 is 1. The lowest BCUT2D eigenvalue weighted by molar-refractivity contribution is -0.119. The van der Waals surface area contributed by atoms with E-state index in [0.717, 1.165) is 32.6 Å². The molecule has 0 saturated carbocycles. The number of aromatic nitrogens is 3. The third-order valence-electron chi connectivity index (χ3n) is 5.45. The summed E-state index contributed by atoms with van der Waals surface area (Å²) in [5.74, 6) is 2.39. The van der Waals surface area contributed by atoms with Crippen molar-refractivity contribution in [2.45, 2.75) is 35.7 Å². The predicted octanol–water partition coefficient (Wildman–Crippen LogP) is 6.50. The summed E-state index contributed by atoms with van der Waals surface area (Å²) in [6.45, 7) is 3.94. The Morgan fingerprint density at radius 1 is 1.06 bits per heavy atom. The van der Waals surface area contributed by atoms with E-state index >= 15 is 0 Å². The average molecular weight is 539 g/mol. The van der Waals surface area contributed by atoms with E-state index in [0.29, 0.717) is 22.4 Å². The molecule has 0 aliphatic heterocycles. The molecule has 0 saturated heterocycles. The number of hydrogen-bond acceptors (Lipinski definition) is 6. The van der Waals surface area contributed by atoms with Crippen molar-refractivity contribution >= 4 is 41.0 Å². The molecule has 0 radical (unpaired) electrons. The van der Waals surface area contributed by atoms with Crippen LogP contribution in [0.1, 0.15) is 29.9 Å². The molecule has 36 heavy (non-hydrogen) atoms. The summed E-state index contributed by atoms with van der Waals surface area (Å²) in [7, 11) is 1.66. The summed E-state index contributed by atoms with van der Waals surface area (Å²) in [5.41, 5.74) is 3.02. The molecule has 1 heterocycles. The van der Waals surface area contributed by atoms with Gasteiger partial charge < -0.3 is 10.1 Å². The Morgan fingerprint density at radius 3 is 2.64 bits per heavy atom. The molecule has 1 atom stereocenters. The molecule has 1 amide bonds. The van der Waals surface area contributed by atoms with Crippen molar-refractivity contribution in [2.75, 3.05) is 12.9 Å². The quantitative estimate of drug-likeness (QED) is 0.232. The lowest BCUT2D eigenvalue weighted by atomic mass is 10.2. The molecule has 1 aromatic heterocycles. The molecule has 0 aliphatic carbocycles. The van der Waals surface area contributed by atoms with Crippen molar-refractivity contribution in [3.63, 3.8) is 0 Å². The molecule has 4 aromatic rings. The van der Waals surface area contributed by atoms with Crippen molar-refractivity contribution in [3.05, 3.63) is 94.8 Å². The topological polar surface area (TPSA) is 69.0 Å². The molecule has 3 aromatic carbocycles.